The van der Waals surface area contributed by atoms with Crippen LogP contribution in [0.15, 0.2) is 39.7 Å². The van der Waals surface area contributed by atoms with Crippen molar-refractivity contribution in [2.45, 2.75) is 19.4 Å². The second-order valence-corrected chi connectivity index (χ2v) is 7.55. The molecule has 0 unspecified atom stereocenters. The lowest BCUT2D eigenvalue weighted by Crippen LogP contribution is -2.33. The van der Waals surface area contributed by atoms with Crippen LogP contribution in [0.3, 0.4) is 0 Å². The van der Waals surface area contributed by atoms with Gasteiger partial charge in [0, 0.05) is 22.7 Å². The molecule has 1 aromatic carbocycles. The number of carbonyl (C=O) groups excluding carboxylic acids is 1. The Morgan fingerprint density at radius 3 is 2.86 bits per heavy atom. The maximum absolute atomic E-state index is 14.4. The van der Waals surface area contributed by atoms with Gasteiger partial charge in [0.15, 0.2) is 5.58 Å². The van der Waals surface area contributed by atoms with Gasteiger partial charge < -0.3 is 14.1 Å². The molecule has 0 saturated heterocycles. The third-order valence-electron chi connectivity index (χ3n) is 4.33. The number of benzene rings is 1. The summed E-state index contributed by atoms with van der Waals surface area (Å²) in [4.78, 5) is 30.5. The Labute approximate surface area is 173 Å². The van der Waals surface area contributed by atoms with E-state index in [1.807, 2.05) is 22.6 Å². The Morgan fingerprint density at radius 1 is 1.43 bits per heavy atom. The lowest BCUT2D eigenvalue weighted by molar-refractivity contribution is -0.0304. The molecular formula is C19H18FIN2O5. The molecule has 0 radical (unpaired) electrons. The minimum absolute atomic E-state index is 0.00341. The molecule has 3 aromatic rings. The van der Waals surface area contributed by atoms with Crippen LogP contribution in [0, 0.1) is 9.39 Å². The van der Waals surface area contributed by atoms with Crippen molar-refractivity contribution in [2.75, 3.05) is 6.61 Å². The first-order valence-corrected chi connectivity index (χ1v) is 9.51. The highest BCUT2D eigenvalue weighted by molar-refractivity contribution is 14.1. The average Bonchev–Trinajstić information content (AvgIpc) is 3.15. The number of rotatable bonds is 6. The largest absolute Gasteiger partial charge is 0.463 e. The van der Waals surface area contributed by atoms with E-state index in [1.54, 1.807) is 19.1 Å². The van der Waals surface area contributed by atoms with Crippen molar-refractivity contribution in [2.24, 2.45) is 7.05 Å². The molecule has 0 fully saturated rings. The van der Waals surface area contributed by atoms with Gasteiger partial charge in [0.2, 0.25) is 0 Å². The van der Waals surface area contributed by atoms with E-state index in [9.17, 15) is 14.0 Å². The van der Waals surface area contributed by atoms with Gasteiger partial charge >= 0.3 is 0 Å². The molecule has 0 spiro atoms. The number of amides is 1. The lowest BCUT2D eigenvalue weighted by atomic mass is 10.0. The zero-order valence-electron chi connectivity index (χ0n) is 15.2. The van der Waals surface area contributed by atoms with E-state index in [2.05, 4.69) is 5.48 Å². The van der Waals surface area contributed by atoms with Gasteiger partial charge in [-0.05, 0) is 53.3 Å². The molecule has 7 nitrogen and oxygen atoms in total. The molecule has 2 N–H and O–H groups in total. The van der Waals surface area contributed by atoms with E-state index < -0.39 is 17.8 Å². The summed E-state index contributed by atoms with van der Waals surface area (Å²) in [5, 5.41) is 9.29. The van der Waals surface area contributed by atoms with Crippen molar-refractivity contribution in [3.8, 4) is 0 Å². The fourth-order valence-electron chi connectivity index (χ4n) is 2.80. The first-order valence-electron chi connectivity index (χ1n) is 8.43. The molecule has 2 aromatic heterocycles. The first kappa shape index (κ1) is 20.5. The maximum atomic E-state index is 14.4. The van der Waals surface area contributed by atoms with Gasteiger partial charge in [0.05, 0.1) is 18.3 Å². The predicted octanol–water partition coefficient (Wildman–Crippen LogP) is 2.51. The summed E-state index contributed by atoms with van der Waals surface area (Å²) in [6.45, 7) is 1.29. The highest BCUT2D eigenvalue weighted by Crippen LogP contribution is 2.24. The monoisotopic (exact) mass is 500 g/mol. The number of halogens is 2. The van der Waals surface area contributed by atoms with Crippen molar-refractivity contribution in [3.63, 3.8) is 0 Å². The fraction of sp³-hybridized carbons (Fsp3) is 0.263. The molecule has 0 aliphatic rings. The summed E-state index contributed by atoms with van der Waals surface area (Å²) < 4.78 is 21.8. The van der Waals surface area contributed by atoms with Gasteiger partial charge in [0.1, 0.15) is 17.5 Å². The zero-order valence-corrected chi connectivity index (χ0v) is 17.3. The van der Waals surface area contributed by atoms with Crippen molar-refractivity contribution in [1.82, 2.24) is 10.0 Å². The van der Waals surface area contributed by atoms with E-state index in [-0.39, 0.29) is 40.8 Å². The van der Waals surface area contributed by atoms with Crippen LogP contribution in [0.5, 0.6) is 0 Å². The number of aromatic nitrogens is 1. The van der Waals surface area contributed by atoms with Gasteiger partial charge in [-0.3, -0.25) is 14.4 Å². The standard InChI is InChI=1S/C19H18FIN2O5/c1-10(9-24)28-22-18(25)16-15(7-11-3-4-12(21)8-14(11)20)23(2)19(26)13-5-6-27-17(13)16/h3-6,8,10,24H,7,9H2,1-2H3,(H,22,25)/t10-/m0/s1. The molecule has 0 saturated carbocycles. The highest BCUT2D eigenvalue weighted by atomic mass is 127. The Balaban J connectivity index is 2.13. The molecule has 3 rings (SSSR count). The first-order chi connectivity index (χ1) is 13.3. The number of hydrogen-bond donors (Lipinski definition) is 2. The molecule has 2 heterocycles. The number of nitrogens with one attached hydrogen (secondary N) is 1. The quantitative estimate of drug-likeness (QED) is 0.401. The number of fused-ring (bicyclic) bond motifs is 1. The van der Waals surface area contributed by atoms with Crippen LogP contribution >= 0.6 is 22.6 Å². The van der Waals surface area contributed by atoms with Crippen LogP contribution in [0.4, 0.5) is 4.39 Å². The number of hydrogen-bond acceptors (Lipinski definition) is 5. The van der Waals surface area contributed by atoms with E-state index in [4.69, 9.17) is 14.4 Å². The molecule has 9 heteroatoms. The van der Waals surface area contributed by atoms with Gasteiger partial charge in [-0.2, -0.15) is 0 Å². The van der Waals surface area contributed by atoms with Crippen molar-refractivity contribution < 1.29 is 23.5 Å². The molecule has 1 atom stereocenters. The molecule has 0 aliphatic carbocycles. The maximum Gasteiger partial charge on any atom is 0.280 e. The smallest absolute Gasteiger partial charge is 0.280 e. The molecule has 1 amide bonds. The van der Waals surface area contributed by atoms with Crippen molar-refractivity contribution in [1.29, 1.82) is 0 Å². The Kier molecular flexibility index (Phi) is 6.16. The van der Waals surface area contributed by atoms with E-state index in [0.29, 0.717) is 5.56 Å². The third kappa shape index (κ3) is 3.96. The van der Waals surface area contributed by atoms with Crippen LogP contribution in [0.25, 0.3) is 11.0 Å². The minimum atomic E-state index is -0.656. The summed E-state index contributed by atoms with van der Waals surface area (Å²) in [6, 6.07) is 6.21. The average molecular weight is 500 g/mol. The summed E-state index contributed by atoms with van der Waals surface area (Å²) in [5.74, 6) is -1.09. The van der Waals surface area contributed by atoms with E-state index in [0.717, 1.165) is 3.57 Å². The molecule has 28 heavy (non-hydrogen) atoms. The number of aliphatic hydroxyl groups excluding tert-OH is 1. The predicted molar refractivity (Wildman–Crippen MR) is 108 cm³/mol. The molecule has 148 valence electrons. The normalized spacial score (nSPS) is 12.3. The van der Waals surface area contributed by atoms with Gasteiger partial charge in [-0.25, -0.2) is 9.87 Å². The number of furan rings is 1. The third-order valence-corrected chi connectivity index (χ3v) is 5.00. The van der Waals surface area contributed by atoms with Crippen LogP contribution in [0.2, 0.25) is 0 Å². The Bertz CT molecular complexity index is 1090. The van der Waals surface area contributed by atoms with Gasteiger partial charge in [0.25, 0.3) is 11.5 Å². The fourth-order valence-corrected chi connectivity index (χ4v) is 3.26. The lowest BCUT2D eigenvalue weighted by Gasteiger charge is -2.16. The summed E-state index contributed by atoms with van der Waals surface area (Å²) in [7, 11) is 1.52. The molecular weight excluding hydrogens is 482 g/mol. The highest BCUT2D eigenvalue weighted by Gasteiger charge is 2.24. The minimum Gasteiger partial charge on any atom is -0.463 e. The second kappa shape index (κ2) is 8.41. The van der Waals surface area contributed by atoms with Crippen LogP contribution in [0.1, 0.15) is 28.5 Å². The Hall–Kier alpha value is -2.24. The number of nitrogens with zero attached hydrogens (tertiary/aromatic N) is 1. The van der Waals surface area contributed by atoms with Gasteiger partial charge in [-0.15, -0.1) is 0 Å². The SMILES string of the molecule is C[C@@H](CO)ONC(=O)c1c(Cc2ccc(I)cc2F)n(C)c(=O)c2ccoc12. The van der Waals surface area contributed by atoms with Crippen molar-refractivity contribution >= 4 is 39.5 Å². The summed E-state index contributed by atoms with van der Waals surface area (Å²) >= 11 is 2.00. The summed E-state index contributed by atoms with van der Waals surface area (Å²) in [5.41, 5.74) is 2.69. The van der Waals surface area contributed by atoms with E-state index in [1.165, 1.54) is 30.0 Å². The zero-order chi connectivity index (χ0) is 20.4. The van der Waals surface area contributed by atoms with Crippen LogP contribution in [-0.2, 0) is 18.3 Å². The molecule has 0 bridgehead atoms. The number of carbonyl (C=O) groups is 1. The topological polar surface area (TPSA) is 93.7 Å². The van der Waals surface area contributed by atoms with Crippen molar-refractivity contribution in [3.05, 3.63) is 67.1 Å². The number of aliphatic hydroxyl groups is 1. The summed E-state index contributed by atoms with van der Waals surface area (Å²) in [6.07, 6.45) is 0.694. The van der Waals surface area contributed by atoms with Gasteiger partial charge in [-0.1, -0.05) is 6.07 Å². The second-order valence-electron chi connectivity index (χ2n) is 6.30. The van der Waals surface area contributed by atoms with Crippen LogP contribution in [-0.4, -0.2) is 28.3 Å². The number of hydroxylamine groups is 1. The van der Waals surface area contributed by atoms with Crippen LogP contribution < -0.4 is 11.0 Å². The number of pyridine rings is 1. The Morgan fingerprint density at radius 2 is 2.18 bits per heavy atom. The molecule has 0 aliphatic heterocycles. The van der Waals surface area contributed by atoms with E-state index >= 15 is 0 Å².